The molecule has 0 bridgehead atoms. The van der Waals surface area contributed by atoms with Crippen LogP contribution >= 0.6 is 11.8 Å². The number of halogens is 2. The van der Waals surface area contributed by atoms with Gasteiger partial charge in [0, 0.05) is 35.4 Å². The van der Waals surface area contributed by atoms with Crippen molar-refractivity contribution in [1.29, 1.82) is 0 Å². The van der Waals surface area contributed by atoms with Gasteiger partial charge >= 0.3 is 0 Å². The van der Waals surface area contributed by atoms with Gasteiger partial charge in [0.25, 0.3) is 5.91 Å². The number of hydrogen-bond acceptors (Lipinski definition) is 3. The van der Waals surface area contributed by atoms with Crippen LogP contribution in [0.3, 0.4) is 0 Å². The largest absolute Gasteiger partial charge is 0.347 e. The molecule has 1 N–H and O–H groups in total. The molecule has 3 aromatic rings. The molecule has 0 fully saturated rings. The maximum atomic E-state index is 13.7. The maximum Gasteiger partial charge on any atom is 0.272 e. The Kier molecular flexibility index (Phi) is 4.24. The van der Waals surface area contributed by atoms with E-state index < -0.39 is 0 Å². The minimum absolute atomic E-state index is 0.281. The number of benzene rings is 2. The standard InChI is InChI=1S/C19H15F2N3OS/c1-24-18-14-8-13(21)6-7-16(14)26-10-15(18)17(23-24)19(25)22-9-11-2-4-12(20)5-3-11/h2-8H,9-10H2,1H3,(H,22,25). The molecule has 0 saturated heterocycles. The van der Waals surface area contributed by atoms with Gasteiger partial charge in [0.1, 0.15) is 11.6 Å². The maximum absolute atomic E-state index is 13.7. The highest BCUT2D eigenvalue weighted by atomic mass is 32.2. The monoisotopic (exact) mass is 371 g/mol. The Hall–Kier alpha value is -2.67. The quantitative estimate of drug-likeness (QED) is 0.760. The minimum Gasteiger partial charge on any atom is -0.347 e. The van der Waals surface area contributed by atoms with Crippen LogP contribution in [0.25, 0.3) is 11.3 Å². The fourth-order valence-corrected chi connectivity index (χ4v) is 4.10. The zero-order valence-electron chi connectivity index (χ0n) is 13.9. The van der Waals surface area contributed by atoms with Crippen LogP contribution in [0.2, 0.25) is 0 Å². The van der Waals surface area contributed by atoms with Gasteiger partial charge in [0.05, 0.1) is 5.69 Å². The predicted molar refractivity (Wildman–Crippen MR) is 95.7 cm³/mol. The van der Waals surface area contributed by atoms with Gasteiger partial charge in [-0.15, -0.1) is 11.8 Å². The smallest absolute Gasteiger partial charge is 0.272 e. The van der Waals surface area contributed by atoms with Crippen molar-refractivity contribution in [2.75, 3.05) is 0 Å². The number of nitrogens with one attached hydrogen (secondary N) is 1. The molecular formula is C19H15F2N3OS. The molecule has 0 saturated carbocycles. The summed E-state index contributed by atoms with van der Waals surface area (Å²) in [5.41, 5.74) is 3.46. The number of fused-ring (bicyclic) bond motifs is 3. The average molecular weight is 371 g/mol. The van der Waals surface area contributed by atoms with Crippen molar-refractivity contribution in [2.24, 2.45) is 7.05 Å². The van der Waals surface area contributed by atoms with Gasteiger partial charge in [-0.2, -0.15) is 5.10 Å². The molecule has 4 nitrogen and oxygen atoms in total. The van der Waals surface area contributed by atoms with E-state index in [0.29, 0.717) is 11.4 Å². The van der Waals surface area contributed by atoms with E-state index in [4.69, 9.17) is 0 Å². The summed E-state index contributed by atoms with van der Waals surface area (Å²) in [6, 6.07) is 10.6. The van der Waals surface area contributed by atoms with E-state index in [-0.39, 0.29) is 24.1 Å². The first-order chi connectivity index (χ1) is 12.5. The van der Waals surface area contributed by atoms with Crippen molar-refractivity contribution in [3.63, 3.8) is 0 Å². The zero-order chi connectivity index (χ0) is 18.3. The van der Waals surface area contributed by atoms with Gasteiger partial charge in [-0.3, -0.25) is 9.48 Å². The molecule has 132 valence electrons. The number of carbonyl (C=O) groups is 1. The molecule has 2 heterocycles. The summed E-state index contributed by atoms with van der Waals surface area (Å²) in [5, 5.41) is 7.17. The summed E-state index contributed by atoms with van der Waals surface area (Å²) in [4.78, 5) is 13.6. The van der Waals surface area contributed by atoms with E-state index in [1.165, 1.54) is 24.3 Å². The second-order valence-electron chi connectivity index (χ2n) is 6.04. The highest BCUT2D eigenvalue weighted by molar-refractivity contribution is 7.98. The van der Waals surface area contributed by atoms with Crippen molar-refractivity contribution in [3.8, 4) is 11.3 Å². The molecule has 1 aliphatic rings. The van der Waals surface area contributed by atoms with E-state index >= 15 is 0 Å². The number of rotatable bonds is 3. The fourth-order valence-electron chi connectivity index (χ4n) is 3.06. The molecule has 7 heteroatoms. The zero-order valence-corrected chi connectivity index (χ0v) is 14.7. The van der Waals surface area contributed by atoms with Crippen LogP contribution in [0.1, 0.15) is 21.6 Å². The van der Waals surface area contributed by atoms with Gasteiger partial charge in [0.15, 0.2) is 5.69 Å². The first-order valence-electron chi connectivity index (χ1n) is 8.04. The molecule has 26 heavy (non-hydrogen) atoms. The number of aryl methyl sites for hydroxylation is 1. The van der Waals surface area contributed by atoms with E-state index in [0.717, 1.165) is 27.3 Å². The number of amides is 1. The Morgan fingerprint density at radius 2 is 1.92 bits per heavy atom. The summed E-state index contributed by atoms with van der Waals surface area (Å²) in [5.74, 6) is -0.338. The SMILES string of the molecule is Cn1nc(C(=O)NCc2ccc(F)cc2)c2c1-c1cc(F)ccc1SC2. The van der Waals surface area contributed by atoms with Crippen LogP contribution in [0.15, 0.2) is 47.4 Å². The van der Waals surface area contributed by atoms with Crippen LogP contribution in [-0.2, 0) is 19.3 Å². The lowest BCUT2D eigenvalue weighted by atomic mass is 10.1. The molecule has 0 aliphatic carbocycles. The van der Waals surface area contributed by atoms with Crippen LogP contribution in [-0.4, -0.2) is 15.7 Å². The molecule has 1 aromatic heterocycles. The van der Waals surface area contributed by atoms with Gasteiger partial charge in [-0.1, -0.05) is 12.1 Å². The Labute approximate surface area is 153 Å². The summed E-state index contributed by atoms with van der Waals surface area (Å²) in [7, 11) is 1.75. The second-order valence-corrected chi connectivity index (χ2v) is 7.05. The molecule has 0 radical (unpaired) electrons. The molecule has 2 aromatic carbocycles. The highest BCUT2D eigenvalue weighted by Crippen LogP contribution is 2.42. The first-order valence-corrected chi connectivity index (χ1v) is 9.02. The minimum atomic E-state index is -0.319. The summed E-state index contributed by atoms with van der Waals surface area (Å²) >= 11 is 1.56. The third kappa shape index (κ3) is 2.99. The van der Waals surface area contributed by atoms with Crippen molar-refractivity contribution in [2.45, 2.75) is 17.2 Å². The van der Waals surface area contributed by atoms with Crippen LogP contribution in [0.4, 0.5) is 8.78 Å². The van der Waals surface area contributed by atoms with Crippen LogP contribution in [0, 0.1) is 11.6 Å². The van der Waals surface area contributed by atoms with Crippen molar-refractivity contribution in [3.05, 3.63) is 70.9 Å². The van der Waals surface area contributed by atoms with Crippen molar-refractivity contribution in [1.82, 2.24) is 15.1 Å². The number of thioether (sulfide) groups is 1. The molecule has 0 unspecified atom stereocenters. The van der Waals surface area contributed by atoms with Gasteiger partial charge in [-0.05, 0) is 35.9 Å². The lowest BCUT2D eigenvalue weighted by molar-refractivity contribution is 0.0944. The van der Waals surface area contributed by atoms with Crippen LogP contribution in [0.5, 0.6) is 0 Å². The predicted octanol–water partition coefficient (Wildman–Crippen LogP) is 3.90. The summed E-state index contributed by atoms with van der Waals surface area (Å²) in [6.07, 6.45) is 0. The highest BCUT2D eigenvalue weighted by Gasteiger charge is 2.27. The molecule has 4 rings (SSSR count). The van der Waals surface area contributed by atoms with Crippen molar-refractivity contribution < 1.29 is 13.6 Å². The van der Waals surface area contributed by atoms with E-state index in [2.05, 4.69) is 10.4 Å². The number of carbonyl (C=O) groups excluding carboxylic acids is 1. The van der Waals surface area contributed by atoms with E-state index in [9.17, 15) is 13.6 Å². The number of hydrogen-bond donors (Lipinski definition) is 1. The van der Waals surface area contributed by atoms with Gasteiger partial charge in [-0.25, -0.2) is 8.78 Å². The van der Waals surface area contributed by atoms with Gasteiger partial charge < -0.3 is 5.32 Å². The number of aromatic nitrogens is 2. The Balaban J connectivity index is 1.62. The molecule has 1 amide bonds. The summed E-state index contributed by atoms with van der Waals surface area (Å²) in [6.45, 7) is 0.281. The Bertz CT molecular complexity index is 999. The lowest BCUT2D eigenvalue weighted by Crippen LogP contribution is -2.24. The Morgan fingerprint density at radius 1 is 1.19 bits per heavy atom. The number of nitrogens with zero attached hydrogens (tertiary/aromatic N) is 2. The van der Waals surface area contributed by atoms with E-state index in [1.807, 2.05) is 0 Å². The normalized spacial score (nSPS) is 12.4. The van der Waals surface area contributed by atoms with Crippen LogP contribution < -0.4 is 5.32 Å². The van der Waals surface area contributed by atoms with Crippen molar-refractivity contribution >= 4 is 17.7 Å². The lowest BCUT2D eigenvalue weighted by Gasteiger charge is -2.17. The third-order valence-corrected chi connectivity index (χ3v) is 5.40. The fraction of sp³-hybridized carbons (Fsp3) is 0.158. The molecular weight excluding hydrogens is 356 g/mol. The van der Waals surface area contributed by atoms with E-state index in [1.54, 1.807) is 41.7 Å². The molecule has 0 spiro atoms. The Morgan fingerprint density at radius 3 is 2.69 bits per heavy atom. The third-order valence-electron chi connectivity index (χ3n) is 4.30. The molecule has 0 atom stereocenters. The topological polar surface area (TPSA) is 46.9 Å². The second kappa shape index (κ2) is 6.57. The first kappa shape index (κ1) is 16.8. The molecule has 1 aliphatic heterocycles. The summed E-state index contributed by atoms with van der Waals surface area (Å²) < 4.78 is 28.3. The van der Waals surface area contributed by atoms with Gasteiger partial charge in [0.2, 0.25) is 0 Å². The average Bonchev–Trinajstić information content (AvgIpc) is 2.98.